The monoisotopic (exact) mass is 525 g/mol. The second-order valence-corrected chi connectivity index (χ2v) is 9.19. The van der Waals surface area contributed by atoms with Crippen LogP contribution in [0.15, 0.2) is 65.1 Å². The number of aromatic nitrogens is 2. The van der Waals surface area contributed by atoms with Crippen LogP contribution in [-0.4, -0.2) is 28.6 Å². The van der Waals surface area contributed by atoms with E-state index in [1.165, 1.54) is 0 Å². The summed E-state index contributed by atoms with van der Waals surface area (Å²) in [5, 5.41) is 3.76. The third kappa shape index (κ3) is 5.57. The molecule has 0 aliphatic heterocycles. The Morgan fingerprint density at radius 3 is 2.52 bits per heavy atom. The van der Waals surface area contributed by atoms with Gasteiger partial charge in [-0.25, -0.2) is 4.98 Å². The molecule has 0 bridgehead atoms. The number of carbonyl (C=O) groups excluding carboxylic acids is 1. The molecule has 0 saturated heterocycles. The van der Waals surface area contributed by atoms with Crippen molar-refractivity contribution in [2.24, 2.45) is 0 Å². The molecule has 0 aliphatic carbocycles. The molecule has 1 heterocycles. The lowest BCUT2D eigenvalue weighted by atomic mass is 10.1. The van der Waals surface area contributed by atoms with Gasteiger partial charge < -0.3 is 14.6 Å². The number of nitrogens with one attached hydrogen (secondary N) is 1. The lowest BCUT2D eigenvalue weighted by Gasteiger charge is -2.13. The molecule has 4 aromatic rings. The number of carbonyl (C=O) groups is 1. The van der Waals surface area contributed by atoms with E-state index in [0.29, 0.717) is 31.7 Å². The van der Waals surface area contributed by atoms with Crippen LogP contribution in [0.3, 0.4) is 0 Å². The van der Waals surface area contributed by atoms with E-state index >= 15 is 0 Å². The molecule has 33 heavy (non-hydrogen) atoms. The van der Waals surface area contributed by atoms with E-state index in [4.69, 9.17) is 21.3 Å². The maximum atomic E-state index is 12.4. The van der Waals surface area contributed by atoms with Gasteiger partial charge in [-0.1, -0.05) is 39.7 Å². The minimum atomic E-state index is -0.0954. The summed E-state index contributed by atoms with van der Waals surface area (Å²) in [6.45, 7) is 5.60. The number of ether oxygens (including phenoxy) is 1. The van der Waals surface area contributed by atoms with E-state index in [2.05, 4.69) is 31.9 Å². The number of imidazole rings is 1. The zero-order valence-corrected chi connectivity index (χ0v) is 20.9. The molecule has 0 radical (unpaired) electrons. The Bertz CT molecular complexity index is 1260. The van der Waals surface area contributed by atoms with Gasteiger partial charge in [0.05, 0.1) is 17.6 Å². The number of hydrogen-bond donors (Lipinski definition) is 1. The molecule has 1 N–H and O–H groups in total. The van der Waals surface area contributed by atoms with Crippen LogP contribution < -0.4 is 10.1 Å². The lowest BCUT2D eigenvalue weighted by Crippen LogP contribution is -2.26. The number of aryl methyl sites for hydroxylation is 2. The van der Waals surface area contributed by atoms with Crippen LogP contribution in [-0.2, 0) is 13.0 Å². The largest absolute Gasteiger partial charge is 0.492 e. The highest BCUT2D eigenvalue weighted by Crippen LogP contribution is 2.26. The molecule has 0 fully saturated rings. The summed E-state index contributed by atoms with van der Waals surface area (Å²) in [6.07, 6.45) is 0.621. The van der Waals surface area contributed by atoms with Gasteiger partial charge >= 0.3 is 0 Å². The van der Waals surface area contributed by atoms with Crippen LogP contribution in [0.5, 0.6) is 5.75 Å². The number of rotatable bonds is 8. The molecule has 1 amide bonds. The van der Waals surface area contributed by atoms with Gasteiger partial charge in [0.25, 0.3) is 5.91 Å². The van der Waals surface area contributed by atoms with Crippen LogP contribution in [0.25, 0.3) is 11.0 Å². The van der Waals surface area contributed by atoms with Crippen molar-refractivity contribution < 1.29 is 9.53 Å². The van der Waals surface area contributed by atoms with Gasteiger partial charge in [0.1, 0.15) is 18.2 Å². The van der Waals surface area contributed by atoms with Crippen molar-refractivity contribution in [3.8, 4) is 5.75 Å². The van der Waals surface area contributed by atoms with Gasteiger partial charge in [-0.15, -0.1) is 0 Å². The number of amides is 1. The first kappa shape index (κ1) is 23.3. The molecule has 3 aromatic carbocycles. The van der Waals surface area contributed by atoms with Gasteiger partial charge in [0, 0.05) is 28.0 Å². The molecule has 0 spiro atoms. The van der Waals surface area contributed by atoms with Crippen LogP contribution in [0.1, 0.15) is 27.3 Å². The minimum Gasteiger partial charge on any atom is -0.492 e. The number of benzene rings is 3. The van der Waals surface area contributed by atoms with Gasteiger partial charge in [0.2, 0.25) is 0 Å². The Morgan fingerprint density at radius 1 is 1.09 bits per heavy atom. The zero-order valence-electron chi connectivity index (χ0n) is 18.6. The summed E-state index contributed by atoms with van der Waals surface area (Å²) in [5.74, 6) is 1.63. The molecule has 170 valence electrons. The third-order valence-electron chi connectivity index (χ3n) is 5.47. The SMILES string of the molecule is Cc1cc(OCCn2c(CCNC(=O)c3ccc(Br)cc3)nc3ccccc32)cc(C)c1Cl. The number of hydrogen-bond acceptors (Lipinski definition) is 3. The minimum absolute atomic E-state index is 0.0954. The Hall–Kier alpha value is -2.83. The lowest BCUT2D eigenvalue weighted by molar-refractivity contribution is 0.0954. The summed E-state index contributed by atoms with van der Waals surface area (Å²) in [4.78, 5) is 17.2. The second-order valence-electron chi connectivity index (χ2n) is 7.90. The predicted octanol–water partition coefficient (Wildman–Crippen LogP) is 6.12. The van der Waals surface area contributed by atoms with E-state index in [-0.39, 0.29) is 5.91 Å². The van der Waals surface area contributed by atoms with Gasteiger partial charge in [-0.2, -0.15) is 0 Å². The standard InChI is InChI=1S/C26H25BrClN3O2/c1-17-15-21(16-18(2)25(17)28)33-14-13-31-23-6-4-3-5-22(23)30-24(31)11-12-29-26(32)19-7-9-20(27)10-8-19/h3-10,15-16H,11-14H2,1-2H3,(H,29,32). The van der Waals surface area contributed by atoms with Crippen molar-refractivity contribution in [3.63, 3.8) is 0 Å². The molecule has 0 unspecified atom stereocenters. The average Bonchev–Trinajstić information content (AvgIpc) is 3.15. The molecule has 5 nitrogen and oxygen atoms in total. The van der Waals surface area contributed by atoms with Crippen molar-refractivity contribution in [1.82, 2.24) is 14.9 Å². The Balaban J connectivity index is 1.43. The van der Waals surface area contributed by atoms with Gasteiger partial charge in [0.15, 0.2) is 0 Å². The highest BCUT2D eigenvalue weighted by molar-refractivity contribution is 9.10. The third-order valence-corrected chi connectivity index (χ3v) is 6.59. The molecule has 7 heteroatoms. The first-order chi connectivity index (χ1) is 15.9. The summed E-state index contributed by atoms with van der Waals surface area (Å²) >= 11 is 9.66. The predicted molar refractivity (Wildman–Crippen MR) is 136 cm³/mol. The van der Waals surface area contributed by atoms with Crippen LogP contribution >= 0.6 is 27.5 Å². The number of halogens is 2. The maximum absolute atomic E-state index is 12.4. The first-order valence-electron chi connectivity index (χ1n) is 10.8. The molecule has 0 atom stereocenters. The molecular formula is C26H25BrClN3O2. The van der Waals surface area contributed by atoms with E-state index in [9.17, 15) is 4.79 Å². The van der Waals surface area contributed by atoms with E-state index in [1.807, 2.05) is 56.3 Å². The van der Waals surface area contributed by atoms with Crippen molar-refractivity contribution in [2.75, 3.05) is 13.2 Å². The highest BCUT2D eigenvalue weighted by atomic mass is 79.9. The number of nitrogens with zero attached hydrogens (tertiary/aromatic N) is 2. The Morgan fingerprint density at radius 2 is 1.79 bits per heavy atom. The Labute approximate surface area is 206 Å². The Kier molecular flexibility index (Phi) is 7.36. The fourth-order valence-electron chi connectivity index (χ4n) is 3.80. The normalized spacial score (nSPS) is 11.0. The number of fused-ring (bicyclic) bond motifs is 1. The van der Waals surface area contributed by atoms with E-state index < -0.39 is 0 Å². The zero-order chi connectivity index (χ0) is 23.4. The molecule has 1 aromatic heterocycles. The summed E-state index contributed by atoms with van der Waals surface area (Å²) in [5.41, 5.74) is 4.63. The summed E-state index contributed by atoms with van der Waals surface area (Å²) in [6, 6.07) is 19.3. The average molecular weight is 527 g/mol. The van der Waals surface area contributed by atoms with Crippen LogP contribution in [0, 0.1) is 13.8 Å². The van der Waals surface area contributed by atoms with Crippen molar-refractivity contribution in [2.45, 2.75) is 26.8 Å². The summed E-state index contributed by atoms with van der Waals surface area (Å²) < 4.78 is 9.14. The fraction of sp³-hybridized carbons (Fsp3) is 0.231. The van der Waals surface area contributed by atoms with Crippen LogP contribution in [0.4, 0.5) is 0 Å². The van der Waals surface area contributed by atoms with Crippen molar-refractivity contribution in [1.29, 1.82) is 0 Å². The highest BCUT2D eigenvalue weighted by Gasteiger charge is 2.12. The van der Waals surface area contributed by atoms with E-state index in [0.717, 1.165) is 43.2 Å². The van der Waals surface area contributed by atoms with E-state index in [1.54, 1.807) is 12.1 Å². The van der Waals surface area contributed by atoms with Gasteiger partial charge in [-0.05, 0) is 73.5 Å². The molecule has 0 aliphatic rings. The second kappa shape index (κ2) is 10.4. The molecular weight excluding hydrogens is 502 g/mol. The topological polar surface area (TPSA) is 56.1 Å². The maximum Gasteiger partial charge on any atom is 0.251 e. The molecule has 4 rings (SSSR count). The quantitative estimate of drug-likeness (QED) is 0.301. The van der Waals surface area contributed by atoms with Crippen molar-refractivity contribution in [3.05, 3.63) is 92.7 Å². The first-order valence-corrected chi connectivity index (χ1v) is 12.0. The molecule has 0 saturated carbocycles. The smallest absolute Gasteiger partial charge is 0.251 e. The summed E-state index contributed by atoms with van der Waals surface area (Å²) in [7, 11) is 0. The number of para-hydroxylation sites is 2. The van der Waals surface area contributed by atoms with Gasteiger partial charge in [-0.3, -0.25) is 4.79 Å². The van der Waals surface area contributed by atoms with Crippen molar-refractivity contribution >= 4 is 44.5 Å². The fourth-order valence-corrected chi connectivity index (χ4v) is 4.17. The van der Waals surface area contributed by atoms with Crippen LogP contribution in [0.2, 0.25) is 5.02 Å².